The van der Waals surface area contributed by atoms with Crippen LogP contribution >= 0.6 is 0 Å². The fourth-order valence-electron chi connectivity index (χ4n) is 3.49. The monoisotopic (exact) mass is 411 g/mol. The number of anilines is 1. The highest BCUT2D eigenvalue weighted by Crippen LogP contribution is 2.41. The van der Waals surface area contributed by atoms with Crippen LogP contribution in [-0.4, -0.2) is 37.1 Å². The Kier molecular flexibility index (Phi) is 6.50. The first-order chi connectivity index (χ1) is 14.3. The highest BCUT2D eigenvalue weighted by molar-refractivity contribution is 5.95. The molecule has 2 N–H and O–H groups in total. The Labute approximate surface area is 177 Å². The van der Waals surface area contributed by atoms with Crippen LogP contribution in [0.5, 0.6) is 11.5 Å². The number of rotatable bonds is 7. The average molecular weight is 412 g/mol. The molecule has 0 fully saturated rings. The summed E-state index contributed by atoms with van der Waals surface area (Å²) in [6.07, 6.45) is 0.787. The normalized spacial score (nSPS) is 13.7. The lowest BCUT2D eigenvalue weighted by molar-refractivity contribution is -0.123. The van der Waals surface area contributed by atoms with E-state index in [4.69, 9.17) is 9.47 Å². The fourth-order valence-corrected chi connectivity index (χ4v) is 3.49. The van der Waals surface area contributed by atoms with Gasteiger partial charge in [-0.15, -0.1) is 0 Å². The first-order valence-corrected chi connectivity index (χ1v) is 10.2. The summed E-state index contributed by atoms with van der Waals surface area (Å²) in [5.74, 6) is 0.345. The summed E-state index contributed by atoms with van der Waals surface area (Å²) in [7, 11) is 0. The van der Waals surface area contributed by atoms with E-state index in [-0.39, 0.29) is 18.1 Å². The Hall–Kier alpha value is -3.22. The quantitative estimate of drug-likeness (QED) is 0.685. The van der Waals surface area contributed by atoms with Gasteiger partial charge in [0.1, 0.15) is 5.60 Å². The highest BCUT2D eigenvalue weighted by Gasteiger charge is 2.32. The van der Waals surface area contributed by atoms with Gasteiger partial charge in [0.25, 0.3) is 11.8 Å². The molecule has 7 nitrogen and oxygen atoms in total. The van der Waals surface area contributed by atoms with Gasteiger partial charge in [-0.3, -0.25) is 20.4 Å². The second kappa shape index (κ2) is 9.07. The zero-order valence-electron chi connectivity index (χ0n) is 18.0. The van der Waals surface area contributed by atoms with Crippen molar-refractivity contribution in [3.63, 3.8) is 0 Å². The summed E-state index contributed by atoms with van der Waals surface area (Å²) < 4.78 is 11.5. The van der Waals surface area contributed by atoms with Crippen LogP contribution in [0.3, 0.4) is 0 Å². The Morgan fingerprint density at radius 2 is 1.77 bits per heavy atom. The molecule has 0 saturated heterocycles. The van der Waals surface area contributed by atoms with Gasteiger partial charge >= 0.3 is 0 Å². The lowest BCUT2D eigenvalue weighted by atomic mass is 10.0. The van der Waals surface area contributed by atoms with Crippen molar-refractivity contribution in [3.8, 4) is 11.5 Å². The van der Waals surface area contributed by atoms with Gasteiger partial charge < -0.3 is 14.4 Å². The summed E-state index contributed by atoms with van der Waals surface area (Å²) in [4.78, 5) is 26.6. The minimum atomic E-state index is -0.460. The van der Waals surface area contributed by atoms with Crippen molar-refractivity contribution in [1.29, 1.82) is 0 Å². The van der Waals surface area contributed by atoms with Gasteiger partial charge in [-0.2, -0.15) is 0 Å². The molecule has 0 radical (unpaired) electrons. The van der Waals surface area contributed by atoms with Crippen LogP contribution in [0.1, 0.15) is 43.6 Å². The molecular formula is C23H29N3O4. The summed E-state index contributed by atoms with van der Waals surface area (Å²) in [5.41, 5.74) is 7.07. The molecule has 1 aliphatic heterocycles. The van der Waals surface area contributed by atoms with Gasteiger partial charge in [0, 0.05) is 36.3 Å². The first-order valence-electron chi connectivity index (χ1n) is 10.2. The standard InChI is InChI=1S/C23H29N3O4/c1-5-26(6-2)18-12-10-16(11-13-18)22(28)25-24-20(27)15-29-19-9-7-8-17-14-23(3,4)30-21(17)19/h7-13H,5-6,14-15H2,1-4H3,(H,24,27)(H,25,28). The molecule has 0 aromatic heterocycles. The number of carbonyl (C=O) groups is 2. The predicted octanol–water partition coefficient (Wildman–Crippen LogP) is 3.09. The second-order valence-electron chi connectivity index (χ2n) is 7.79. The Bertz CT molecular complexity index is 905. The van der Waals surface area contributed by atoms with E-state index in [0.29, 0.717) is 17.1 Å². The number of hydrazine groups is 1. The molecule has 0 bridgehead atoms. The molecule has 3 rings (SSSR count). The van der Waals surface area contributed by atoms with E-state index in [1.54, 1.807) is 18.2 Å². The second-order valence-corrected chi connectivity index (χ2v) is 7.79. The Morgan fingerprint density at radius 3 is 2.43 bits per heavy atom. The smallest absolute Gasteiger partial charge is 0.276 e. The molecule has 2 amide bonds. The van der Waals surface area contributed by atoms with Gasteiger partial charge in [-0.1, -0.05) is 12.1 Å². The molecule has 2 aromatic rings. The number of carbonyl (C=O) groups excluding carboxylic acids is 2. The maximum Gasteiger partial charge on any atom is 0.276 e. The van der Waals surface area contributed by atoms with Gasteiger partial charge in [-0.25, -0.2) is 0 Å². The molecule has 0 aliphatic carbocycles. The van der Waals surface area contributed by atoms with Crippen molar-refractivity contribution in [2.24, 2.45) is 0 Å². The van der Waals surface area contributed by atoms with Crippen molar-refractivity contribution in [2.75, 3.05) is 24.6 Å². The van der Waals surface area contributed by atoms with E-state index in [1.165, 1.54) is 0 Å². The molecule has 2 aromatic carbocycles. The zero-order chi connectivity index (χ0) is 21.7. The average Bonchev–Trinajstić information content (AvgIpc) is 3.06. The van der Waals surface area contributed by atoms with Gasteiger partial charge in [-0.05, 0) is 58.0 Å². The van der Waals surface area contributed by atoms with Crippen molar-refractivity contribution in [2.45, 2.75) is 39.7 Å². The van der Waals surface area contributed by atoms with Crippen molar-refractivity contribution in [1.82, 2.24) is 10.9 Å². The van der Waals surface area contributed by atoms with Crippen LogP contribution in [0, 0.1) is 0 Å². The van der Waals surface area contributed by atoms with Crippen molar-refractivity contribution < 1.29 is 19.1 Å². The molecule has 1 aliphatic rings. The van der Waals surface area contributed by atoms with Crippen molar-refractivity contribution in [3.05, 3.63) is 53.6 Å². The first kappa shape index (κ1) is 21.5. The fraction of sp³-hybridized carbons (Fsp3) is 0.391. The molecule has 7 heteroatoms. The number of ether oxygens (including phenoxy) is 2. The summed E-state index contributed by atoms with van der Waals surface area (Å²) in [5, 5.41) is 0. The van der Waals surface area contributed by atoms with E-state index >= 15 is 0 Å². The third kappa shape index (κ3) is 5.03. The largest absolute Gasteiger partial charge is 0.483 e. The van der Waals surface area contributed by atoms with Crippen LogP contribution in [0.15, 0.2) is 42.5 Å². The molecular weight excluding hydrogens is 382 g/mol. The number of hydrogen-bond acceptors (Lipinski definition) is 5. The number of hydrogen-bond donors (Lipinski definition) is 2. The minimum absolute atomic E-state index is 0.235. The third-order valence-electron chi connectivity index (χ3n) is 4.99. The van der Waals surface area contributed by atoms with Crippen LogP contribution in [-0.2, 0) is 11.2 Å². The van der Waals surface area contributed by atoms with E-state index in [0.717, 1.165) is 30.8 Å². The van der Waals surface area contributed by atoms with Gasteiger partial charge in [0.05, 0.1) is 0 Å². The molecule has 1 heterocycles. The zero-order valence-corrected chi connectivity index (χ0v) is 18.0. The number of nitrogens with one attached hydrogen (secondary N) is 2. The van der Waals surface area contributed by atoms with Crippen LogP contribution in [0.4, 0.5) is 5.69 Å². The highest BCUT2D eigenvalue weighted by atomic mass is 16.5. The van der Waals surface area contributed by atoms with E-state index in [2.05, 4.69) is 29.6 Å². The summed E-state index contributed by atoms with van der Waals surface area (Å²) in [6, 6.07) is 12.9. The van der Waals surface area contributed by atoms with Crippen LogP contribution in [0.25, 0.3) is 0 Å². The maximum atomic E-state index is 12.3. The van der Waals surface area contributed by atoms with Gasteiger partial charge in [0.2, 0.25) is 0 Å². The minimum Gasteiger partial charge on any atom is -0.483 e. The number of fused-ring (bicyclic) bond motifs is 1. The number of benzene rings is 2. The van der Waals surface area contributed by atoms with Crippen LogP contribution in [0.2, 0.25) is 0 Å². The van der Waals surface area contributed by atoms with E-state index in [1.807, 2.05) is 38.1 Å². The van der Waals surface area contributed by atoms with E-state index in [9.17, 15) is 9.59 Å². The van der Waals surface area contributed by atoms with E-state index < -0.39 is 5.91 Å². The molecule has 30 heavy (non-hydrogen) atoms. The molecule has 0 spiro atoms. The Balaban J connectivity index is 1.50. The molecule has 0 saturated carbocycles. The Morgan fingerprint density at radius 1 is 1.07 bits per heavy atom. The third-order valence-corrected chi connectivity index (χ3v) is 4.99. The van der Waals surface area contributed by atoms with Gasteiger partial charge in [0.15, 0.2) is 18.1 Å². The molecule has 0 atom stereocenters. The maximum absolute atomic E-state index is 12.3. The topological polar surface area (TPSA) is 79.9 Å². The number of nitrogens with zero attached hydrogens (tertiary/aromatic N) is 1. The molecule has 0 unspecified atom stereocenters. The molecule has 160 valence electrons. The summed E-state index contributed by atoms with van der Waals surface area (Å²) >= 11 is 0. The lowest BCUT2D eigenvalue weighted by Gasteiger charge is -2.21. The SMILES string of the molecule is CCN(CC)c1ccc(C(=O)NNC(=O)COc2cccc3c2OC(C)(C)C3)cc1. The predicted molar refractivity (Wildman–Crippen MR) is 116 cm³/mol. The van der Waals surface area contributed by atoms with Crippen LogP contribution < -0.4 is 25.2 Å². The lowest BCUT2D eigenvalue weighted by Crippen LogP contribution is -2.43. The number of amides is 2. The van der Waals surface area contributed by atoms with Crippen molar-refractivity contribution >= 4 is 17.5 Å². The number of para-hydroxylation sites is 1. The summed E-state index contributed by atoms with van der Waals surface area (Å²) in [6.45, 7) is 9.73.